The van der Waals surface area contributed by atoms with Gasteiger partial charge in [-0.2, -0.15) is 5.26 Å². The fourth-order valence-electron chi connectivity index (χ4n) is 1.91. The van der Waals surface area contributed by atoms with Gasteiger partial charge in [-0.05, 0) is 30.2 Å². The molecule has 0 bridgehead atoms. The van der Waals surface area contributed by atoms with Crippen LogP contribution in [0.5, 0.6) is 0 Å². The molecule has 1 unspecified atom stereocenters. The van der Waals surface area contributed by atoms with Gasteiger partial charge in [-0.25, -0.2) is 10.3 Å². The summed E-state index contributed by atoms with van der Waals surface area (Å²) in [6.07, 6.45) is 0. The van der Waals surface area contributed by atoms with Crippen LogP contribution in [-0.2, 0) is 11.4 Å². The minimum Gasteiger partial charge on any atom is -0.330 e. The number of rotatable bonds is 5. The Bertz CT molecular complexity index is 648. The summed E-state index contributed by atoms with van der Waals surface area (Å²) in [5.41, 5.74) is 4.83. The number of urea groups is 1. The lowest BCUT2D eigenvalue weighted by atomic mass is 10.1. The molecule has 0 fully saturated rings. The Morgan fingerprint density at radius 1 is 1.18 bits per heavy atom. The first kappa shape index (κ1) is 15.5. The van der Waals surface area contributed by atoms with Gasteiger partial charge in [-0.15, -0.1) is 0 Å². The number of nitrogens with one attached hydrogen (secondary N) is 2. The maximum Gasteiger partial charge on any atom is 0.339 e. The molecule has 22 heavy (non-hydrogen) atoms. The maximum absolute atomic E-state index is 11.7. The minimum atomic E-state index is -0.409. The first-order valence-corrected chi connectivity index (χ1v) is 6.91. The lowest BCUT2D eigenvalue weighted by Gasteiger charge is -2.15. The molecule has 5 heteroatoms. The van der Waals surface area contributed by atoms with Crippen molar-refractivity contribution in [2.45, 2.75) is 19.6 Å². The Kier molecular flexibility index (Phi) is 5.52. The van der Waals surface area contributed by atoms with Crippen molar-refractivity contribution in [2.24, 2.45) is 0 Å². The Morgan fingerprint density at radius 3 is 2.50 bits per heavy atom. The summed E-state index contributed by atoms with van der Waals surface area (Å²) in [5.74, 6) is 0. The number of nitriles is 1. The van der Waals surface area contributed by atoms with Crippen LogP contribution in [0, 0.1) is 11.3 Å². The van der Waals surface area contributed by atoms with Gasteiger partial charge in [-0.1, -0.05) is 42.5 Å². The van der Waals surface area contributed by atoms with Crippen LogP contribution in [-0.4, -0.2) is 6.03 Å². The van der Waals surface area contributed by atoms with E-state index < -0.39 is 6.03 Å². The number of hydrogen-bond donors (Lipinski definition) is 2. The normalized spacial score (nSPS) is 11.3. The van der Waals surface area contributed by atoms with Gasteiger partial charge in [0.15, 0.2) is 0 Å². The van der Waals surface area contributed by atoms with E-state index in [1.54, 1.807) is 12.1 Å². The van der Waals surface area contributed by atoms with E-state index in [0.29, 0.717) is 12.2 Å². The van der Waals surface area contributed by atoms with E-state index >= 15 is 0 Å². The molecule has 2 aromatic carbocycles. The summed E-state index contributed by atoms with van der Waals surface area (Å²) >= 11 is 0. The highest BCUT2D eigenvalue weighted by molar-refractivity contribution is 5.73. The van der Waals surface area contributed by atoms with Crippen LogP contribution in [0.2, 0.25) is 0 Å². The second-order valence-electron chi connectivity index (χ2n) is 4.81. The largest absolute Gasteiger partial charge is 0.339 e. The Balaban J connectivity index is 1.77. The molecule has 0 aliphatic rings. The zero-order valence-electron chi connectivity index (χ0n) is 12.2. The molecular formula is C17H17N3O2. The smallest absolute Gasteiger partial charge is 0.330 e. The van der Waals surface area contributed by atoms with E-state index in [0.717, 1.165) is 11.1 Å². The Hall–Kier alpha value is -2.84. The lowest BCUT2D eigenvalue weighted by Crippen LogP contribution is -2.36. The van der Waals surface area contributed by atoms with E-state index in [-0.39, 0.29) is 6.04 Å². The maximum atomic E-state index is 11.7. The Morgan fingerprint density at radius 2 is 1.86 bits per heavy atom. The van der Waals surface area contributed by atoms with Gasteiger partial charge in [-0.3, -0.25) is 4.84 Å². The van der Waals surface area contributed by atoms with E-state index in [2.05, 4.69) is 16.9 Å². The van der Waals surface area contributed by atoms with E-state index in [9.17, 15) is 4.79 Å². The highest BCUT2D eigenvalue weighted by Gasteiger charge is 2.09. The highest BCUT2D eigenvalue weighted by atomic mass is 16.7. The number of nitrogens with zero attached hydrogens (tertiary/aromatic N) is 1. The molecule has 112 valence electrons. The summed E-state index contributed by atoms with van der Waals surface area (Å²) in [5, 5.41) is 11.5. The molecular weight excluding hydrogens is 278 g/mol. The van der Waals surface area contributed by atoms with Crippen molar-refractivity contribution in [3.8, 4) is 6.07 Å². The Labute approximate surface area is 129 Å². The molecule has 0 radical (unpaired) electrons. The van der Waals surface area contributed by atoms with Crippen LogP contribution in [0.15, 0.2) is 54.6 Å². The van der Waals surface area contributed by atoms with Crippen LogP contribution in [0.25, 0.3) is 0 Å². The van der Waals surface area contributed by atoms with Crippen LogP contribution in [0.3, 0.4) is 0 Å². The molecule has 0 aliphatic heterocycles. The number of hydroxylamine groups is 1. The van der Waals surface area contributed by atoms with E-state index in [4.69, 9.17) is 10.1 Å². The number of carbonyl (C=O) groups is 1. The van der Waals surface area contributed by atoms with Crippen molar-refractivity contribution in [1.82, 2.24) is 10.8 Å². The van der Waals surface area contributed by atoms with Crippen molar-refractivity contribution in [1.29, 1.82) is 5.26 Å². The van der Waals surface area contributed by atoms with Gasteiger partial charge < -0.3 is 5.32 Å². The molecule has 0 aromatic heterocycles. The molecule has 2 N–H and O–H groups in total. The number of amides is 2. The molecule has 0 saturated carbocycles. The summed E-state index contributed by atoms with van der Waals surface area (Å²) in [6.45, 7) is 2.16. The lowest BCUT2D eigenvalue weighted by molar-refractivity contribution is 0.0483. The first-order chi connectivity index (χ1) is 10.7. The molecule has 2 rings (SSSR count). The second kappa shape index (κ2) is 7.81. The van der Waals surface area contributed by atoms with Crippen molar-refractivity contribution >= 4 is 6.03 Å². The third kappa shape index (κ3) is 4.62. The highest BCUT2D eigenvalue weighted by Crippen LogP contribution is 2.12. The number of hydrogen-bond acceptors (Lipinski definition) is 3. The minimum absolute atomic E-state index is 0.187. The summed E-state index contributed by atoms with van der Waals surface area (Å²) < 4.78 is 0. The molecule has 1 atom stereocenters. The quantitative estimate of drug-likeness (QED) is 0.833. The molecule has 2 amide bonds. The molecule has 0 aliphatic carbocycles. The van der Waals surface area contributed by atoms with Crippen LogP contribution >= 0.6 is 0 Å². The predicted molar refractivity (Wildman–Crippen MR) is 82.5 cm³/mol. The SMILES string of the molecule is CC(NC(=O)NOCc1ccccc1)c1ccc(C#N)cc1. The van der Waals surface area contributed by atoms with Crippen LogP contribution in [0.1, 0.15) is 29.7 Å². The van der Waals surface area contributed by atoms with Gasteiger partial charge in [0.25, 0.3) is 0 Å². The third-order valence-electron chi connectivity index (χ3n) is 3.13. The summed E-state index contributed by atoms with van der Waals surface area (Å²) in [4.78, 5) is 16.9. The van der Waals surface area contributed by atoms with Crippen LogP contribution in [0.4, 0.5) is 4.79 Å². The predicted octanol–water partition coefficient (Wildman–Crippen LogP) is 3.05. The average Bonchev–Trinajstić information content (AvgIpc) is 2.56. The van der Waals surface area contributed by atoms with Crippen molar-refractivity contribution in [3.05, 3.63) is 71.3 Å². The zero-order valence-corrected chi connectivity index (χ0v) is 12.2. The topological polar surface area (TPSA) is 74.2 Å². The van der Waals surface area contributed by atoms with Gasteiger partial charge >= 0.3 is 6.03 Å². The number of benzene rings is 2. The zero-order chi connectivity index (χ0) is 15.8. The van der Waals surface area contributed by atoms with Gasteiger partial charge in [0, 0.05) is 0 Å². The van der Waals surface area contributed by atoms with Gasteiger partial charge in [0.05, 0.1) is 24.3 Å². The number of carbonyl (C=O) groups excluding carboxylic acids is 1. The molecule has 0 saturated heterocycles. The van der Waals surface area contributed by atoms with E-state index in [1.165, 1.54) is 0 Å². The molecule has 2 aromatic rings. The van der Waals surface area contributed by atoms with Gasteiger partial charge in [0.2, 0.25) is 0 Å². The molecule has 0 spiro atoms. The standard InChI is InChI=1S/C17H17N3O2/c1-13(16-9-7-14(11-18)8-10-16)19-17(21)20-22-12-15-5-3-2-4-6-15/h2-10,13H,12H2,1H3,(H2,19,20,21). The molecule has 5 nitrogen and oxygen atoms in total. The third-order valence-corrected chi connectivity index (χ3v) is 3.13. The molecule has 0 heterocycles. The van der Waals surface area contributed by atoms with E-state index in [1.807, 2.05) is 49.4 Å². The second-order valence-corrected chi connectivity index (χ2v) is 4.81. The van der Waals surface area contributed by atoms with Gasteiger partial charge in [0.1, 0.15) is 0 Å². The van der Waals surface area contributed by atoms with Crippen molar-refractivity contribution < 1.29 is 9.63 Å². The summed E-state index contributed by atoms with van der Waals surface area (Å²) in [7, 11) is 0. The van der Waals surface area contributed by atoms with Crippen molar-refractivity contribution in [2.75, 3.05) is 0 Å². The average molecular weight is 295 g/mol. The summed E-state index contributed by atoms with van der Waals surface area (Å²) in [6, 6.07) is 18.1. The monoisotopic (exact) mass is 295 g/mol. The fourth-order valence-corrected chi connectivity index (χ4v) is 1.91. The van der Waals surface area contributed by atoms with Crippen molar-refractivity contribution in [3.63, 3.8) is 0 Å². The first-order valence-electron chi connectivity index (χ1n) is 6.91. The van der Waals surface area contributed by atoms with Crippen LogP contribution < -0.4 is 10.8 Å². The fraction of sp³-hybridized carbons (Fsp3) is 0.176.